The Morgan fingerprint density at radius 2 is 1.96 bits per heavy atom. The highest BCUT2D eigenvalue weighted by atomic mass is 35.5. The molecule has 0 radical (unpaired) electrons. The zero-order valence-corrected chi connectivity index (χ0v) is 16.8. The van der Waals surface area contributed by atoms with Crippen LogP contribution in [0.2, 0.25) is 5.02 Å². The molecule has 2 aromatic rings. The molecule has 2 aliphatic rings. The lowest BCUT2D eigenvalue weighted by molar-refractivity contribution is -0.131. The summed E-state index contributed by atoms with van der Waals surface area (Å²) in [7, 11) is 0. The van der Waals surface area contributed by atoms with Crippen LogP contribution in [0.3, 0.4) is 0 Å². The van der Waals surface area contributed by atoms with Crippen LogP contribution in [-0.2, 0) is 4.79 Å². The molecule has 144 valence electrons. The molecule has 1 aromatic carbocycles. The van der Waals surface area contributed by atoms with Crippen LogP contribution in [0.1, 0.15) is 37.5 Å². The molecule has 0 spiro atoms. The Hall–Kier alpha value is -1.01. The summed E-state index contributed by atoms with van der Waals surface area (Å²) in [6.45, 7) is 2.98. The van der Waals surface area contributed by atoms with Gasteiger partial charge in [0.25, 0.3) is 0 Å². The number of carbonyl (C=O) groups is 1. The van der Waals surface area contributed by atoms with Gasteiger partial charge < -0.3 is 14.6 Å². The van der Waals surface area contributed by atoms with Crippen LogP contribution in [0.4, 0.5) is 0 Å². The van der Waals surface area contributed by atoms with E-state index in [1.54, 1.807) is 0 Å². The highest BCUT2D eigenvalue weighted by Gasteiger charge is 2.27. The first-order valence-electron chi connectivity index (χ1n) is 8.73. The smallest absolute Gasteiger partial charge is 0.236 e. The number of carbonyl (C=O) groups excluding carboxylic acids is 1. The first-order valence-corrected chi connectivity index (χ1v) is 9.11. The SMILES string of the molecule is Cl.Cl.O=C(CNCC1CC1)N1CCC(c2nc3cc(Cl)ccc3o2)CC1. The van der Waals surface area contributed by atoms with Crippen molar-refractivity contribution < 1.29 is 9.21 Å². The second-order valence-electron chi connectivity index (χ2n) is 6.89. The molecule has 1 saturated heterocycles. The van der Waals surface area contributed by atoms with Gasteiger partial charge in [0, 0.05) is 24.0 Å². The van der Waals surface area contributed by atoms with Crippen molar-refractivity contribution in [3.05, 3.63) is 29.1 Å². The molecule has 5 nitrogen and oxygen atoms in total. The lowest BCUT2D eigenvalue weighted by Gasteiger charge is -2.30. The average Bonchev–Trinajstić information content (AvgIpc) is 3.32. The normalized spacial score (nSPS) is 17.7. The van der Waals surface area contributed by atoms with Gasteiger partial charge in [-0.05, 0) is 56.3 Å². The summed E-state index contributed by atoms with van der Waals surface area (Å²) in [5, 5.41) is 3.94. The summed E-state index contributed by atoms with van der Waals surface area (Å²) in [5.74, 6) is 2.06. The molecular weight excluding hydrogens is 397 g/mol. The number of rotatable bonds is 5. The predicted molar refractivity (Wildman–Crippen MR) is 108 cm³/mol. The second kappa shape index (κ2) is 9.27. The monoisotopic (exact) mass is 419 g/mol. The molecule has 1 amide bonds. The fourth-order valence-electron chi connectivity index (χ4n) is 3.29. The fourth-order valence-corrected chi connectivity index (χ4v) is 3.45. The topological polar surface area (TPSA) is 58.4 Å². The predicted octanol–water partition coefficient (Wildman–Crippen LogP) is 4.03. The summed E-state index contributed by atoms with van der Waals surface area (Å²) in [6, 6.07) is 5.50. The Morgan fingerprint density at radius 1 is 1.23 bits per heavy atom. The number of nitrogens with zero attached hydrogens (tertiary/aromatic N) is 2. The van der Waals surface area contributed by atoms with Crippen molar-refractivity contribution in [1.82, 2.24) is 15.2 Å². The van der Waals surface area contributed by atoms with Crippen LogP contribution >= 0.6 is 36.4 Å². The molecule has 0 unspecified atom stereocenters. The van der Waals surface area contributed by atoms with Crippen LogP contribution in [0, 0.1) is 5.92 Å². The summed E-state index contributed by atoms with van der Waals surface area (Å²) >= 11 is 6.00. The molecule has 4 rings (SSSR count). The van der Waals surface area contributed by atoms with Gasteiger partial charge in [-0.2, -0.15) is 0 Å². The summed E-state index contributed by atoms with van der Waals surface area (Å²) in [6.07, 6.45) is 4.41. The van der Waals surface area contributed by atoms with E-state index in [2.05, 4.69) is 10.3 Å². The minimum Gasteiger partial charge on any atom is -0.440 e. The standard InChI is InChI=1S/C18H22ClN3O2.2ClH/c19-14-3-4-16-15(9-14)21-18(24-16)13-5-7-22(8-6-13)17(23)11-20-10-12-1-2-12;;/h3-4,9,12-13,20H,1-2,5-8,10-11H2;2*1H. The van der Waals surface area contributed by atoms with E-state index >= 15 is 0 Å². The van der Waals surface area contributed by atoms with Crippen molar-refractivity contribution in [3.63, 3.8) is 0 Å². The van der Waals surface area contributed by atoms with Crippen molar-refractivity contribution in [2.45, 2.75) is 31.6 Å². The molecule has 1 aliphatic carbocycles. The van der Waals surface area contributed by atoms with Gasteiger partial charge in [0.15, 0.2) is 11.5 Å². The number of amides is 1. The lowest BCUT2D eigenvalue weighted by atomic mass is 9.97. The molecule has 26 heavy (non-hydrogen) atoms. The van der Waals surface area contributed by atoms with E-state index in [4.69, 9.17) is 16.0 Å². The molecule has 8 heteroatoms. The number of hydrogen-bond donors (Lipinski definition) is 1. The van der Waals surface area contributed by atoms with Crippen LogP contribution in [0.5, 0.6) is 0 Å². The van der Waals surface area contributed by atoms with Crippen molar-refractivity contribution in [2.24, 2.45) is 5.92 Å². The van der Waals surface area contributed by atoms with Gasteiger partial charge in [0.2, 0.25) is 5.91 Å². The van der Waals surface area contributed by atoms with E-state index in [1.165, 1.54) is 12.8 Å². The molecule has 0 bridgehead atoms. The first kappa shape index (κ1) is 21.3. The third-order valence-electron chi connectivity index (χ3n) is 4.97. The van der Waals surface area contributed by atoms with Crippen molar-refractivity contribution >= 4 is 53.4 Å². The Morgan fingerprint density at radius 3 is 2.65 bits per heavy atom. The van der Waals surface area contributed by atoms with E-state index in [9.17, 15) is 4.79 Å². The molecule has 2 fully saturated rings. The van der Waals surface area contributed by atoms with E-state index in [0.29, 0.717) is 11.6 Å². The number of aromatic nitrogens is 1. The largest absolute Gasteiger partial charge is 0.440 e. The maximum atomic E-state index is 12.2. The molecule has 1 aromatic heterocycles. The summed E-state index contributed by atoms with van der Waals surface area (Å²) < 4.78 is 5.87. The van der Waals surface area contributed by atoms with Gasteiger partial charge >= 0.3 is 0 Å². The first-order chi connectivity index (χ1) is 11.7. The van der Waals surface area contributed by atoms with Crippen molar-refractivity contribution in [3.8, 4) is 0 Å². The number of likely N-dealkylation sites (tertiary alicyclic amines) is 1. The highest BCUT2D eigenvalue weighted by molar-refractivity contribution is 6.31. The van der Waals surface area contributed by atoms with Gasteiger partial charge in [-0.25, -0.2) is 4.98 Å². The lowest BCUT2D eigenvalue weighted by Crippen LogP contribution is -2.42. The second-order valence-corrected chi connectivity index (χ2v) is 7.33. The van der Waals surface area contributed by atoms with Gasteiger partial charge in [-0.3, -0.25) is 4.79 Å². The van der Waals surface area contributed by atoms with E-state index in [1.807, 2.05) is 23.1 Å². The maximum absolute atomic E-state index is 12.2. The number of piperidine rings is 1. The van der Waals surface area contributed by atoms with E-state index < -0.39 is 0 Å². The molecule has 0 atom stereocenters. The van der Waals surface area contributed by atoms with Gasteiger partial charge in [0.05, 0.1) is 6.54 Å². The van der Waals surface area contributed by atoms with Crippen LogP contribution in [0.15, 0.2) is 22.6 Å². The van der Waals surface area contributed by atoms with Gasteiger partial charge in [0.1, 0.15) is 5.52 Å². The molecule has 1 saturated carbocycles. The quantitative estimate of drug-likeness (QED) is 0.793. The zero-order valence-electron chi connectivity index (χ0n) is 14.4. The number of nitrogens with one attached hydrogen (secondary N) is 1. The number of hydrogen-bond acceptors (Lipinski definition) is 4. The van der Waals surface area contributed by atoms with Gasteiger partial charge in [-0.15, -0.1) is 24.8 Å². The minimum absolute atomic E-state index is 0. The Kier molecular flexibility index (Phi) is 7.59. The number of benzene rings is 1. The fraction of sp³-hybridized carbons (Fsp3) is 0.556. The van der Waals surface area contributed by atoms with Crippen LogP contribution < -0.4 is 5.32 Å². The number of fused-ring (bicyclic) bond motifs is 1. The van der Waals surface area contributed by atoms with E-state index in [0.717, 1.165) is 55.4 Å². The number of oxazole rings is 1. The van der Waals surface area contributed by atoms with Crippen molar-refractivity contribution in [1.29, 1.82) is 0 Å². The highest BCUT2D eigenvalue weighted by Crippen LogP contribution is 2.31. The third kappa shape index (κ3) is 5.03. The summed E-state index contributed by atoms with van der Waals surface area (Å²) in [5.41, 5.74) is 1.58. The van der Waals surface area contributed by atoms with Crippen molar-refractivity contribution in [2.75, 3.05) is 26.2 Å². The maximum Gasteiger partial charge on any atom is 0.236 e. The third-order valence-corrected chi connectivity index (χ3v) is 5.20. The number of halogens is 3. The Balaban J connectivity index is 0.00000121. The molecule has 1 N–H and O–H groups in total. The molecule has 2 heterocycles. The molecular formula is C18H24Cl3N3O2. The average molecular weight is 421 g/mol. The summed E-state index contributed by atoms with van der Waals surface area (Å²) in [4.78, 5) is 18.8. The van der Waals surface area contributed by atoms with Crippen LogP contribution in [0.25, 0.3) is 11.1 Å². The Labute approximate surface area is 170 Å². The van der Waals surface area contributed by atoms with E-state index in [-0.39, 0.29) is 36.6 Å². The van der Waals surface area contributed by atoms with Gasteiger partial charge in [-0.1, -0.05) is 11.6 Å². The van der Waals surface area contributed by atoms with Crippen LogP contribution in [-0.4, -0.2) is 42.0 Å². The zero-order chi connectivity index (χ0) is 16.5. The Bertz CT molecular complexity index is 740. The minimum atomic E-state index is 0. The molecule has 1 aliphatic heterocycles.